The number of nitrogens with one attached hydrogen (secondary N) is 1. The predicted molar refractivity (Wildman–Crippen MR) is 86.0 cm³/mol. The first kappa shape index (κ1) is 15.5. The fraction of sp³-hybridized carbons (Fsp3) is 0.562. The lowest BCUT2D eigenvalue weighted by molar-refractivity contribution is -0.117. The van der Waals surface area contributed by atoms with Gasteiger partial charge >= 0.3 is 0 Å². The van der Waals surface area contributed by atoms with E-state index < -0.39 is 10.0 Å². The summed E-state index contributed by atoms with van der Waals surface area (Å²) in [5.41, 5.74) is 1.75. The lowest BCUT2D eigenvalue weighted by Crippen LogP contribution is -2.32. The third-order valence-corrected chi connectivity index (χ3v) is 6.41. The van der Waals surface area contributed by atoms with E-state index in [-0.39, 0.29) is 17.7 Å². The Morgan fingerprint density at radius 2 is 1.95 bits per heavy atom. The number of nitrogens with zero attached hydrogens (tertiary/aromatic N) is 1. The maximum absolute atomic E-state index is 12.2. The number of hydrogen-bond acceptors (Lipinski definition) is 3. The minimum atomic E-state index is -3.23. The first-order valence-electron chi connectivity index (χ1n) is 7.94. The van der Waals surface area contributed by atoms with Gasteiger partial charge in [0, 0.05) is 25.2 Å². The summed E-state index contributed by atoms with van der Waals surface area (Å²) in [4.78, 5) is 13.6. The number of benzene rings is 1. The van der Waals surface area contributed by atoms with Crippen LogP contribution in [0.15, 0.2) is 24.3 Å². The molecule has 1 aliphatic carbocycles. The molecule has 2 aliphatic rings. The first-order chi connectivity index (χ1) is 10.6. The zero-order chi connectivity index (χ0) is 15.6. The van der Waals surface area contributed by atoms with Crippen LogP contribution in [0.2, 0.25) is 0 Å². The van der Waals surface area contributed by atoms with Crippen LogP contribution in [0.1, 0.15) is 44.1 Å². The van der Waals surface area contributed by atoms with Gasteiger partial charge in [-0.25, -0.2) is 13.1 Å². The van der Waals surface area contributed by atoms with Crippen LogP contribution in [-0.2, 0) is 21.4 Å². The molecule has 0 aromatic heterocycles. The third-order valence-electron chi connectivity index (χ3n) is 4.51. The van der Waals surface area contributed by atoms with Crippen molar-refractivity contribution < 1.29 is 13.2 Å². The van der Waals surface area contributed by atoms with Crippen molar-refractivity contribution in [1.82, 2.24) is 4.72 Å². The Labute approximate surface area is 131 Å². The van der Waals surface area contributed by atoms with E-state index in [9.17, 15) is 13.2 Å². The molecule has 5 nitrogen and oxygen atoms in total. The Balaban J connectivity index is 1.67. The average molecular weight is 322 g/mol. The minimum Gasteiger partial charge on any atom is -0.312 e. The number of amides is 1. The molecule has 22 heavy (non-hydrogen) atoms. The molecule has 1 saturated carbocycles. The Morgan fingerprint density at radius 1 is 1.18 bits per heavy atom. The number of carbonyl (C=O) groups excluding carboxylic acids is 1. The normalized spacial score (nSPS) is 20.0. The third kappa shape index (κ3) is 3.33. The van der Waals surface area contributed by atoms with Gasteiger partial charge in [0.15, 0.2) is 0 Å². The summed E-state index contributed by atoms with van der Waals surface area (Å²) >= 11 is 0. The first-order valence-corrected chi connectivity index (χ1v) is 9.49. The lowest BCUT2D eigenvalue weighted by atomic mass is 10.2. The van der Waals surface area contributed by atoms with Crippen molar-refractivity contribution in [1.29, 1.82) is 0 Å². The van der Waals surface area contributed by atoms with Gasteiger partial charge in [0.1, 0.15) is 0 Å². The highest BCUT2D eigenvalue weighted by Crippen LogP contribution is 2.25. The quantitative estimate of drug-likeness (QED) is 0.903. The van der Waals surface area contributed by atoms with Gasteiger partial charge in [0.25, 0.3) is 0 Å². The summed E-state index contributed by atoms with van der Waals surface area (Å²) < 4.78 is 27.2. The second-order valence-electron chi connectivity index (χ2n) is 6.09. The maximum atomic E-state index is 12.2. The number of carbonyl (C=O) groups is 1. The van der Waals surface area contributed by atoms with Crippen LogP contribution in [0.4, 0.5) is 5.69 Å². The standard InChI is InChI=1S/C16H22N2O3S/c19-16-9-4-10-18(16)14-6-3-5-13(11-14)12-17-22(20,21)15-7-1-2-8-15/h3,5-6,11,15,17H,1-2,4,7-10,12H2. The second-order valence-corrected chi connectivity index (χ2v) is 8.14. The number of rotatable bonds is 5. The molecule has 1 heterocycles. The molecule has 120 valence electrons. The molecule has 6 heteroatoms. The molecule has 1 aliphatic heterocycles. The molecule has 1 N–H and O–H groups in total. The number of sulfonamides is 1. The molecule has 1 aromatic rings. The van der Waals surface area contributed by atoms with Crippen molar-refractivity contribution in [2.24, 2.45) is 0 Å². The van der Waals surface area contributed by atoms with E-state index in [1.165, 1.54) is 0 Å². The largest absolute Gasteiger partial charge is 0.312 e. The van der Waals surface area contributed by atoms with E-state index in [0.29, 0.717) is 6.42 Å². The van der Waals surface area contributed by atoms with Crippen LogP contribution in [-0.4, -0.2) is 26.1 Å². The topological polar surface area (TPSA) is 66.5 Å². The zero-order valence-corrected chi connectivity index (χ0v) is 13.4. The fourth-order valence-corrected chi connectivity index (χ4v) is 4.81. The van der Waals surface area contributed by atoms with Gasteiger partial charge in [-0.15, -0.1) is 0 Å². The summed E-state index contributed by atoms with van der Waals surface area (Å²) in [6.45, 7) is 1.03. The van der Waals surface area contributed by atoms with E-state index >= 15 is 0 Å². The molecule has 1 saturated heterocycles. The molecule has 1 amide bonds. The molecular weight excluding hydrogens is 300 g/mol. The molecule has 3 rings (SSSR count). The van der Waals surface area contributed by atoms with Crippen LogP contribution < -0.4 is 9.62 Å². The van der Waals surface area contributed by atoms with Crippen LogP contribution in [0.5, 0.6) is 0 Å². The Kier molecular flexibility index (Phi) is 4.49. The van der Waals surface area contributed by atoms with Gasteiger partial charge in [-0.2, -0.15) is 0 Å². The Morgan fingerprint density at radius 3 is 2.64 bits per heavy atom. The van der Waals surface area contributed by atoms with Gasteiger partial charge in [-0.05, 0) is 37.0 Å². The van der Waals surface area contributed by atoms with Crippen molar-refractivity contribution in [2.75, 3.05) is 11.4 Å². The van der Waals surface area contributed by atoms with Crippen LogP contribution in [0.3, 0.4) is 0 Å². The van der Waals surface area contributed by atoms with Crippen LogP contribution >= 0.6 is 0 Å². The van der Waals surface area contributed by atoms with Crippen molar-refractivity contribution in [3.05, 3.63) is 29.8 Å². The molecule has 0 bridgehead atoms. The number of hydrogen-bond donors (Lipinski definition) is 1. The van der Waals surface area contributed by atoms with Gasteiger partial charge in [-0.1, -0.05) is 25.0 Å². The van der Waals surface area contributed by atoms with Crippen molar-refractivity contribution in [3.8, 4) is 0 Å². The molecule has 0 atom stereocenters. The molecule has 1 aromatic carbocycles. The van der Waals surface area contributed by atoms with E-state index in [0.717, 1.165) is 49.9 Å². The molecule has 0 spiro atoms. The summed E-state index contributed by atoms with van der Waals surface area (Å²) in [6, 6.07) is 7.57. The van der Waals surface area contributed by atoms with Gasteiger partial charge in [0.05, 0.1) is 5.25 Å². The summed E-state index contributed by atoms with van der Waals surface area (Å²) in [7, 11) is -3.23. The van der Waals surface area contributed by atoms with Crippen LogP contribution in [0.25, 0.3) is 0 Å². The Hall–Kier alpha value is -1.40. The van der Waals surface area contributed by atoms with Gasteiger partial charge < -0.3 is 4.90 Å². The fourth-order valence-electron chi connectivity index (χ4n) is 3.26. The summed E-state index contributed by atoms with van der Waals surface area (Å²) in [6.07, 6.45) is 5.00. The average Bonchev–Trinajstić information content (AvgIpc) is 3.17. The smallest absolute Gasteiger partial charge is 0.227 e. The highest BCUT2D eigenvalue weighted by Gasteiger charge is 2.28. The predicted octanol–water partition coefficient (Wildman–Crippen LogP) is 2.18. The Bertz CT molecular complexity index is 651. The highest BCUT2D eigenvalue weighted by atomic mass is 32.2. The molecule has 2 fully saturated rings. The lowest BCUT2D eigenvalue weighted by Gasteiger charge is -2.17. The van der Waals surface area contributed by atoms with E-state index in [4.69, 9.17) is 0 Å². The van der Waals surface area contributed by atoms with E-state index in [2.05, 4.69) is 4.72 Å². The van der Waals surface area contributed by atoms with Gasteiger partial charge in [0.2, 0.25) is 15.9 Å². The second kappa shape index (κ2) is 6.38. The van der Waals surface area contributed by atoms with Crippen molar-refractivity contribution in [2.45, 2.75) is 50.3 Å². The maximum Gasteiger partial charge on any atom is 0.227 e. The van der Waals surface area contributed by atoms with Gasteiger partial charge in [-0.3, -0.25) is 4.79 Å². The number of anilines is 1. The van der Waals surface area contributed by atoms with Crippen LogP contribution in [0, 0.1) is 0 Å². The minimum absolute atomic E-state index is 0.142. The summed E-state index contributed by atoms with van der Waals surface area (Å²) in [5, 5.41) is -0.240. The molecule has 0 unspecified atom stereocenters. The van der Waals surface area contributed by atoms with E-state index in [1.54, 1.807) is 4.90 Å². The SMILES string of the molecule is O=C1CCCN1c1cccc(CNS(=O)(=O)C2CCCC2)c1. The summed E-state index contributed by atoms with van der Waals surface area (Å²) in [5.74, 6) is 0.142. The molecule has 0 radical (unpaired) electrons. The van der Waals surface area contributed by atoms with Crippen molar-refractivity contribution >= 4 is 21.6 Å². The van der Waals surface area contributed by atoms with Crippen molar-refractivity contribution in [3.63, 3.8) is 0 Å². The van der Waals surface area contributed by atoms with E-state index in [1.807, 2.05) is 24.3 Å². The highest BCUT2D eigenvalue weighted by molar-refractivity contribution is 7.90. The molecular formula is C16H22N2O3S. The monoisotopic (exact) mass is 322 g/mol. The zero-order valence-electron chi connectivity index (χ0n) is 12.6.